The van der Waals surface area contributed by atoms with Gasteiger partial charge in [-0.2, -0.15) is 0 Å². The lowest BCUT2D eigenvalue weighted by atomic mass is 9.87. The quantitative estimate of drug-likeness (QED) is 0.882. The summed E-state index contributed by atoms with van der Waals surface area (Å²) in [5, 5.41) is 11.6. The zero-order valence-corrected chi connectivity index (χ0v) is 13.8. The molecule has 4 heteroatoms. The molecule has 0 radical (unpaired) electrons. The van der Waals surface area contributed by atoms with E-state index in [1.54, 1.807) is 0 Å². The Hall–Kier alpha value is -0.280. The number of piperidine rings is 1. The monoisotopic (exact) mass is 327 g/mol. The molecule has 2 fully saturated rings. The van der Waals surface area contributed by atoms with E-state index in [0.29, 0.717) is 22.0 Å². The van der Waals surface area contributed by atoms with Crippen molar-refractivity contribution in [1.82, 2.24) is 4.90 Å². The van der Waals surface area contributed by atoms with E-state index in [1.165, 1.54) is 19.3 Å². The molecule has 0 spiro atoms. The molecule has 1 N–H and O–H groups in total. The van der Waals surface area contributed by atoms with Crippen molar-refractivity contribution < 1.29 is 5.11 Å². The summed E-state index contributed by atoms with van der Waals surface area (Å²) in [4.78, 5) is 2.51. The SMILES string of the molecule is OC1CCCC1C1CCCCN1Cc1cccc(Cl)c1Cl. The van der Waals surface area contributed by atoms with Crippen molar-refractivity contribution in [1.29, 1.82) is 0 Å². The molecule has 1 aromatic carbocycles. The zero-order chi connectivity index (χ0) is 14.8. The Morgan fingerprint density at radius 3 is 2.71 bits per heavy atom. The minimum atomic E-state index is -0.120. The third-order valence-electron chi connectivity index (χ3n) is 5.10. The number of halogens is 2. The molecule has 1 heterocycles. The van der Waals surface area contributed by atoms with E-state index in [2.05, 4.69) is 11.0 Å². The Bertz CT molecular complexity index is 494. The van der Waals surface area contributed by atoms with E-state index in [1.807, 2.05) is 12.1 Å². The maximum Gasteiger partial charge on any atom is 0.0637 e. The summed E-state index contributed by atoms with van der Waals surface area (Å²) in [6, 6.07) is 6.35. The lowest BCUT2D eigenvalue weighted by Gasteiger charge is -2.40. The lowest BCUT2D eigenvalue weighted by molar-refractivity contribution is 0.0313. The minimum absolute atomic E-state index is 0.120. The third-order valence-corrected chi connectivity index (χ3v) is 5.95. The van der Waals surface area contributed by atoms with Gasteiger partial charge in [0.1, 0.15) is 0 Å². The minimum Gasteiger partial charge on any atom is -0.393 e. The fourth-order valence-corrected chi connectivity index (χ4v) is 4.39. The second-order valence-corrected chi connectivity index (χ2v) is 7.19. The van der Waals surface area contributed by atoms with Crippen LogP contribution in [-0.4, -0.2) is 28.7 Å². The number of rotatable bonds is 3. The van der Waals surface area contributed by atoms with Gasteiger partial charge >= 0.3 is 0 Å². The van der Waals surface area contributed by atoms with E-state index >= 15 is 0 Å². The summed E-state index contributed by atoms with van der Waals surface area (Å²) in [6.45, 7) is 1.93. The Kier molecular flexibility index (Phi) is 5.11. The fraction of sp³-hybridized carbons (Fsp3) is 0.647. The lowest BCUT2D eigenvalue weighted by Crippen LogP contribution is -2.45. The van der Waals surface area contributed by atoms with Crippen molar-refractivity contribution in [3.63, 3.8) is 0 Å². The molecule has 2 aliphatic rings. The molecule has 0 amide bonds. The fourth-order valence-electron chi connectivity index (χ4n) is 4.01. The third kappa shape index (κ3) is 3.39. The van der Waals surface area contributed by atoms with Gasteiger partial charge in [-0.3, -0.25) is 4.90 Å². The maximum atomic E-state index is 10.2. The molecule has 1 saturated heterocycles. The van der Waals surface area contributed by atoms with Gasteiger partial charge in [0.2, 0.25) is 0 Å². The largest absolute Gasteiger partial charge is 0.393 e. The molecule has 1 aliphatic heterocycles. The van der Waals surface area contributed by atoms with Crippen molar-refractivity contribution in [2.24, 2.45) is 5.92 Å². The topological polar surface area (TPSA) is 23.5 Å². The Balaban J connectivity index is 1.76. The highest BCUT2D eigenvalue weighted by molar-refractivity contribution is 6.42. The van der Waals surface area contributed by atoms with E-state index in [0.717, 1.165) is 37.9 Å². The average Bonchev–Trinajstić information content (AvgIpc) is 2.90. The Labute approximate surface area is 137 Å². The van der Waals surface area contributed by atoms with Crippen LogP contribution < -0.4 is 0 Å². The maximum absolute atomic E-state index is 10.2. The molecule has 0 aromatic heterocycles. The van der Waals surface area contributed by atoms with Crippen molar-refractivity contribution in [3.8, 4) is 0 Å². The van der Waals surface area contributed by atoms with E-state index < -0.39 is 0 Å². The van der Waals surface area contributed by atoms with Crippen molar-refractivity contribution >= 4 is 23.2 Å². The summed E-state index contributed by atoms with van der Waals surface area (Å²) in [5.41, 5.74) is 1.10. The van der Waals surface area contributed by atoms with Gasteiger partial charge in [-0.05, 0) is 43.9 Å². The molecular weight excluding hydrogens is 305 g/mol. The molecule has 1 aromatic rings. The number of likely N-dealkylation sites (tertiary alicyclic amines) is 1. The molecule has 1 saturated carbocycles. The highest BCUT2D eigenvalue weighted by Crippen LogP contribution is 2.36. The van der Waals surface area contributed by atoms with E-state index in [-0.39, 0.29) is 6.10 Å². The van der Waals surface area contributed by atoms with Gasteiger partial charge in [0.25, 0.3) is 0 Å². The standard InChI is InChI=1S/C17H23Cl2NO/c18-14-7-3-5-12(17(14)19)11-20-10-2-1-8-15(20)13-6-4-9-16(13)21/h3,5,7,13,15-16,21H,1-2,4,6,8-11H2. The van der Waals surface area contributed by atoms with Gasteiger partial charge in [0.15, 0.2) is 0 Å². The van der Waals surface area contributed by atoms with Gasteiger partial charge in [-0.25, -0.2) is 0 Å². The first-order valence-electron chi connectivity index (χ1n) is 8.02. The van der Waals surface area contributed by atoms with E-state index in [9.17, 15) is 5.11 Å². The van der Waals surface area contributed by atoms with Gasteiger partial charge in [0, 0.05) is 18.5 Å². The molecule has 21 heavy (non-hydrogen) atoms. The van der Waals surface area contributed by atoms with Crippen LogP contribution in [0.3, 0.4) is 0 Å². The number of aliphatic hydroxyl groups is 1. The first kappa shape index (κ1) is 15.6. The zero-order valence-electron chi connectivity index (χ0n) is 12.3. The first-order valence-corrected chi connectivity index (χ1v) is 8.77. The number of hydrogen-bond acceptors (Lipinski definition) is 2. The molecule has 3 atom stereocenters. The van der Waals surface area contributed by atoms with Crippen LogP contribution in [0, 0.1) is 5.92 Å². The Morgan fingerprint density at radius 2 is 1.95 bits per heavy atom. The number of aliphatic hydroxyl groups excluding tert-OH is 1. The van der Waals surface area contributed by atoms with Crippen LogP contribution in [0.25, 0.3) is 0 Å². The van der Waals surface area contributed by atoms with Crippen LogP contribution >= 0.6 is 23.2 Å². The molecule has 1 aliphatic carbocycles. The van der Waals surface area contributed by atoms with Crippen LogP contribution in [0.2, 0.25) is 10.0 Å². The van der Waals surface area contributed by atoms with Crippen LogP contribution in [0.5, 0.6) is 0 Å². The second-order valence-electron chi connectivity index (χ2n) is 6.41. The Morgan fingerprint density at radius 1 is 1.10 bits per heavy atom. The van der Waals surface area contributed by atoms with Crippen LogP contribution in [0.4, 0.5) is 0 Å². The predicted molar refractivity (Wildman–Crippen MR) is 87.9 cm³/mol. The molecule has 3 unspecified atom stereocenters. The summed E-state index contributed by atoms with van der Waals surface area (Å²) < 4.78 is 0. The summed E-state index contributed by atoms with van der Waals surface area (Å²) >= 11 is 12.5. The second kappa shape index (κ2) is 6.87. The highest BCUT2D eigenvalue weighted by atomic mass is 35.5. The van der Waals surface area contributed by atoms with E-state index in [4.69, 9.17) is 23.2 Å². The normalized spacial score (nSPS) is 30.7. The molecular formula is C17H23Cl2NO. The van der Waals surface area contributed by atoms with Gasteiger partial charge in [-0.15, -0.1) is 0 Å². The summed E-state index contributed by atoms with van der Waals surface area (Å²) in [6.07, 6.45) is 6.86. The molecule has 0 bridgehead atoms. The molecule has 3 rings (SSSR count). The highest BCUT2D eigenvalue weighted by Gasteiger charge is 2.36. The van der Waals surface area contributed by atoms with Gasteiger partial charge in [-0.1, -0.05) is 48.2 Å². The summed E-state index contributed by atoms with van der Waals surface area (Å²) in [7, 11) is 0. The number of nitrogens with zero attached hydrogens (tertiary/aromatic N) is 1. The molecule has 2 nitrogen and oxygen atoms in total. The smallest absolute Gasteiger partial charge is 0.0637 e. The molecule has 116 valence electrons. The summed E-state index contributed by atoms with van der Waals surface area (Å²) in [5.74, 6) is 0.434. The van der Waals surface area contributed by atoms with Crippen molar-refractivity contribution in [3.05, 3.63) is 33.8 Å². The number of benzene rings is 1. The van der Waals surface area contributed by atoms with Crippen LogP contribution in [0.1, 0.15) is 44.1 Å². The van der Waals surface area contributed by atoms with Gasteiger partial charge in [0.05, 0.1) is 16.1 Å². The van der Waals surface area contributed by atoms with Crippen molar-refractivity contribution in [2.45, 2.75) is 57.2 Å². The van der Waals surface area contributed by atoms with Gasteiger partial charge < -0.3 is 5.11 Å². The average molecular weight is 328 g/mol. The predicted octanol–water partition coefficient (Wildman–Crippen LogP) is 4.51. The van der Waals surface area contributed by atoms with Crippen LogP contribution in [0.15, 0.2) is 18.2 Å². The van der Waals surface area contributed by atoms with Crippen LogP contribution in [-0.2, 0) is 6.54 Å². The first-order chi connectivity index (χ1) is 10.2. The van der Waals surface area contributed by atoms with Crippen molar-refractivity contribution in [2.75, 3.05) is 6.54 Å². The number of hydrogen-bond donors (Lipinski definition) is 1.